The number of aromatic amines is 1. The average molecular weight is 407 g/mol. The van der Waals surface area contributed by atoms with Crippen molar-refractivity contribution >= 4 is 11.9 Å². The minimum Gasteiger partial charge on any atom is -0.465 e. The molecule has 0 radical (unpaired) electrons. The molecule has 0 aliphatic carbocycles. The van der Waals surface area contributed by atoms with Crippen molar-refractivity contribution in [2.24, 2.45) is 0 Å². The minimum atomic E-state index is -0.440. The first-order valence-electron chi connectivity index (χ1n) is 9.87. The van der Waals surface area contributed by atoms with Crippen molar-refractivity contribution in [1.29, 1.82) is 0 Å². The Morgan fingerprint density at radius 1 is 1.13 bits per heavy atom. The van der Waals surface area contributed by atoms with Gasteiger partial charge in [-0.1, -0.05) is 12.1 Å². The number of piperidine rings is 1. The van der Waals surface area contributed by atoms with Gasteiger partial charge in [-0.3, -0.25) is 4.79 Å². The van der Waals surface area contributed by atoms with Gasteiger partial charge in [-0.15, -0.1) is 0 Å². The van der Waals surface area contributed by atoms with Gasteiger partial charge in [-0.25, -0.2) is 14.2 Å². The van der Waals surface area contributed by atoms with E-state index in [9.17, 15) is 14.0 Å². The van der Waals surface area contributed by atoms with Crippen LogP contribution in [0.25, 0.3) is 11.3 Å². The molecule has 1 aromatic heterocycles. The third kappa shape index (κ3) is 3.96. The Labute approximate surface area is 173 Å². The first-order valence-corrected chi connectivity index (χ1v) is 9.87. The molecule has 2 heterocycles. The first kappa shape index (κ1) is 19.8. The van der Waals surface area contributed by atoms with E-state index in [0.717, 1.165) is 19.3 Å². The SMILES string of the molecule is COC(=O)c1ccc(C(=O)N2CCCC[C@@H]2c2ncc(-c3cccc(F)c3)[nH]2)cc1. The smallest absolute Gasteiger partial charge is 0.337 e. The molecule has 1 aliphatic heterocycles. The quantitative estimate of drug-likeness (QED) is 0.652. The molecule has 2 aromatic carbocycles. The lowest BCUT2D eigenvalue weighted by atomic mass is 10.00. The Kier molecular flexibility index (Phi) is 5.61. The molecule has 0 saturated carbocycles. The van der Waals surface area contributed by atoms with Crippen LogP contribution in [-0.2, 0) is 4.74 Å². The molecule has 4 rings (SSSR count). The Bertz CT molecular complexity index is 1060. The van der Waals surface area contributed by atoms with Crippen LogP contribution in [0.15, 0.2) is 54.7 Å². The number of rotatable bonds is 4. The summed E-state index contributed by atoms with van der Waals surface area (Å²) in [4.78, 5) is 34.4. The van der Waals surface area contributed by atoms with Crippen LogP contribution < -0.4 is 0 Å². The number of carbonyl (C=O) groups excluding carboxylic acids is 2. The van der Waals surface area contributed by atoms with E-state index in [0.29, 0.717) is 34.8 Å². The fourth-order valence-corrected chi connectivity index (χ4v) is 3.80. The van der Waals surface area contributed by atoms with Crippen LogP contribution in [0.3, 0.4) is 0 Å². The van der Waals surface area contributed by atoms with E-state index in [-0.39, 0.29) is 17.8 Å². The molecule has 1 fully saturated rings. The number of benzene rings is 2. The molecule has 154 valence electrons. The molecular weight excluding hydrogens is 385 g/mol. The van der Waals surface area contributed by atoms with Gasteiger partial charge in [-0.05, 0) is 55.7 Å². The predicted octanol–water partition coefficient (Wildman–Crippen LogP) is 4.37. The highest BCUT2D eigenvalue weighted by Gasteiger charge is 2.30. The Morgan fingerprint density at radius 3 is 2.63 bits per heavy atom. The number of nitrogens with zero attached hydrogens (tertiary/aromatic N) is 2. The van der Waals surface area contributed by atoms with Crippen LogP contribution in [0, 0.1) is 5.82 Å². The van der Waals surface area contributed by atoms with Crippen molar-refractivity contribution in [3.8, 4) is 11.3 Å². The molecule has 0 spiro atoms. The Morgan fingerprint density at radius 2 is 1.90 bits per heavy atom. The third-order valence-electron chi connectivity index (χ3n) is 5.36. The summed E-state index contributed by atoms with van der Waals surface area (Å²) in [5.74, 6) is -0.174. The molecule has 1 atom stereocenters. The van der Waals surface area contributed by atoms with Gasteiger partial charge < -0.3 is 14.6 Å². The number of nitrogens with one attached hydrogen (secondary N) is 1. The molecule has 3 aromatic rings. The van der Waals surface area contributed by atoms with Gasteiger partial charge in [0.05, 0.1) is 30.6 Å². The van der Waals surface area contributed by atoms with E-state index in [2.05, 4.69) is 9.97 Å². The topological polar surface area (TPSA) is 75.3 Å². The lowest BCUT2D eigenvalue weighted by Gasteiger charge is -2.34. The van der Waals surface area contributed by atoms with Gasteiger partial charge in [-0.2, -0.15) is 0 Å². The summed E-state index contributed by atoms with van der Waals surface area (Å²) in [6.45, 7) is 0.623. The molecule has 1 saturated heterocycles. The molecule has 7 heteroatoms. The summed E-state index contributed by atoms with van der Waals surface area (Å²) in [5, 5.41) is 0. The fourth-order valence-electron chi connectivity index (χ4n) is 3.80. The first-order chi connectivity index (χ1) is 14.6. The molecule has 1 N–H and O–H groups in total. The normalized spacial score (nSPS) is 16.3. The number of hydrogen-bond donors (Lipinski definition) is 1. The highest BCUT2D eigenvalue weighted by atomic mass is 19.1. The van der Waals surface area contributed by atoms with Crippen molar-refractivity contribution < 1.29 is 18.7 Å². The number of imidazole rings is 1. The van der Waals surface area contributed by atoms with Crippen molar-refractivity contribution in [3.05, 3.63) is 77.5 Å². The van der Waals surface area contributed by atoms with Crippen molar-refractivity contribution in [3.63, 3.8) is 0 Å². The predicted molar refractivity (Wildman–Crippen MR) is 109 cm³/mol. The zero-order valence-electron chi connectivity index (χ0n) is 16.6. The van der Waals surface area contributed by atoms with E-state index >= 15 is 0 Å². The third-order valence-corrected chi connectivity index (χ3v) is 5.36. The molecule has 0 unspecified atom stereocenters. The van der Waals surface area contributed by atoms with Crippen LogP contribution in [0.4, 0.5) is 4.39 Å². The van der Waals surface area contributed by atoms with Crippen LogP contribution in [-0.4, -0.2) is 40.4 Å². The molecular formula is C23H22FN3O3. The number of amides is 1. The number of likely N-dealkylation sites (tertiary alicyclic amines) is 1. The fraction of sp³-hybridized carbons (Fsp3) is 0.261. The van der Waals surface area contributed by atoms with Gasteiger partial charge in [0.25, 0.3) is 5.91 Å². The van der Waals surface area contributed by atoms with Gasteiger partial charge in [0.2, 0.25) is 0 Å². The van der Waals surface area contributed by atoms with Gasteiger partial charge in [0, 0.05) is 17.7 Å². The number of halogens is 1. The second kappa shape index (κ2) is 8.49. The maximum atomic E-state index is 13.6. The van der Waals surface area contributed by atoms with Gasteiger partial charge >= 0.3 is 5.97 Å². The number of ether oxygens (including phenoxy) is 1. The number of carbonyl (C=O) groups is 2. The highest BCUT2D eigenvalue weighted by molar-refractivity contribution is 5.96. The molecule has 6 nitrogen and oxygen atoms in total. The van der Waals surface area contributed by atoms with Crippen molar-refractivity contribution in [2.45, 2.75) is 25.3 Å². The van der Waals surface area contributed by atoms with E-state index in [1.165, 1.54) is 19.2 Å². The molecule has 0 bridgehead atoms. The number of methoxy groups -OCH3 is 1. The largest absolute Gasteiger partial charge is 0.465 e. The molecule has 1 aliphatic rings. The summed E-state index contributed by atoms with van der Waals surface area (Å²) in [6, 6.07) is 12.6. The van der Waals surface area contributed by atoms with Crippen molar-refractivity contribution in [1.82, 2.24) is 14.9 Å². The lowest BCUT2D eigenvalue weighted by Crippen LogP contribution is -2.39. The standard InChI is InChI=1S/C23H22FN3O3/c1-30-23(29)16-10-8-15(9-11-16)22(28)27-12-3-2-7-20(27)21-25-14-19(26-21)17-5-4-6-18(24)13-17/h4-6,8-11,13-14,20H,2-3,7,12H2,1H3,(H,25,26)/t20-/m1/s1. The Balaban J connectivity index is 1.57. The van der Waals surface area contributed by atoms with E-state index in [1.54, 1.807) is 36.5 Å². The maximum Gasteiger partial charge on any atom is 0.337 e. The summed E-state index contributed by atoms with van der Waals surface area (Å²) >= 11 is 0. The van der Waals surface area contributed by atoms with Gasteiger partial charge in [0.1, 0.15) is 11.6 Å². The monoisotopic (exact) mass is 407 g/mol. The van der Waals surface area contributed by atoms with E-state index in [4.69, 9.17) is 4.74 Å². The number of aromatic nitrogens is 2. The van der Waals surface area contributed by atoms with Crippen LogP contribution >= 0.6 is 0 Å². The summed E-state index contributed by atoms with van der Waals surface area (Å²) in [5.41, 5.74) is 2.33. The molecule has 30 heavy (non-hydrogen) atoms. The molecule has 1 amide bonds. The van der Waals surface area contributed by atoms with Gasteiger partial charge in [0.15, 0.2) is 0 Å². The minimum absolute atomic E-state index is 0.111. The zero-order valence-corrected chi connectivity index (χ0v) is 16.6. The second-order valence-corrected chi connectivity index (χ2v) is 7.27. The summed E-state index contributed by atoms with van der Waals surface area (Å²) in [7, 11) is 1.32. The Hall–Kier alpha value is -3.48. The van der Waals surface area contributed by atoms with E-state index in [1.807, 2.05) is 11.0 Å². The van der Waals surface area contributed by atoms with E-state index < -0.39 is 5.97 Å². The van der Waals surface area contributed by atoms with Crippen LogP contribution in [0.2, 0.25) is 0 Å². The number of H-pyrrole nitrogens is 1. The highest BCUT2D eigenvalue weighted by Crippen LogP contribution is 2.32. The second-order valence-electron chi connectivity index (χ2n) is 7.27. The van der Waals surface area contributed by atoms with Crippen LogP contribution in [0.5, 0.6) is 0 Å². The lowest BCUT2D eigenvalue weighted by molar-refractivity contribution is 0.0588. The summed E-state index contributed by atoms with van der Waals surface area (Å²) < 4.78 is 18.3. The summed E-state index contributed by atoms with van der Waals surface area (Å²) in [6.07, 6.45) is 4.38. The van der Waals surface area contributed by atoms with Crippen molar-refractivity contribution in [2.75, 3.05) is 13.7 Å². The number of hydrogen-bond acceptors (Lipinski definition) is 4. The maximum absolute atomic E-state index is 13.6. The zero-order chi connectivity index (χ0) is 21.1. The average Bonchev–Trinajstić information content (AvgIpc) is 3.28. The van der Waals surface area contributed by atoms with Crippen LogP contribution in [0.1, 0.15) is 51.8 Å². The number of esters is 1.